The van der Waals surface area contributed by atoms with Crippen LogP contribution in [0.25, 0.3) is 0 Å². The molecule has 5 nitrogen and oxygen atoms in total. The number of carbonyl (C=O) groups is 1. The monoisotopic (exact) mass is 328 g/mol. The fourth-order valence-corrected chi connectivity index (χ4v) is 3.47. The van der Waals surface area contributed by atoms with Gasteiger partial charge in [0.25, 0.3) is 0 Å². The first-order chi connectivity index (χ1) is 10.1. The van der Waals surface area contributed by atoms with E-state index in [4.69, 9.17) is 5.73 Å². The molecule has 1 fully saturated rings. The van der Waals surface area contributed by atoms with Crippen molar-refractivity contribution >= 4 is 15.7 Å². The van der Waals surface area contributed by atoms with Crippen LogP contribution in [0.1, 0.15) is 44.2 Å². The van der Waals surface area contributed by atoms with Crippen LogP contribution in [0.5, 0.6) is 0 Å². The van der Waals surface area contributed by atoms with Gasteiger partial charge in [0.05, 0.1) is 11.6 Å². The molecule has 1 aromatic carbocycles. The molecule has 0 radical (unpaired) electrons. The molecule has 1 atom stereocenters. The summed E-state index contributed by atoms with van der Waals surface area (Å²) in [6, 6.07) is 3.41. The van der Waals surface area contributed by atoms with E-state index in [2.05, 4.69) is 5.32 Å². The predicted molar refractivity (Wildman–Crippen MR) is 81.5 cm³/mol. The molecule has 0 saturated heterocycles. The maximum Gasteiger partial charge on any atom is 0.240 e. The molecule has 1 saturated carbocycles. The zero-order valence-corrected chi connectivity index (χ0v) is 13.5. The lowest BCUT2D eigenvalue weighted by Crippen LogP contribution is -2.52. The summed E-state index contributed by atoms with van der Waals surface area (Å²) in [6.07, 6.45) is 4.10. The maximum atomic E-state index is 13.9. The first-order valence-electron chi connectivity index (χ1n) is 7.23. The molecule has 1 unspecified atom stereocenters. The van der Waals surface area contributed by atoms with Crippen LogP contribution in [0, 0.1) is 5.82 Å². The number of hydrogen-bond acceptors (Lipinski definition) is 4. The molecule has 1 aromatic rings. The van der Waals surface area contributed by atoms with E-state index < -0.39 is 27.2 Å². The minimum atomic E-state index is -3.60. The van der Waals surface area contributed by atoms with Crippen molar-refractivity contribution in [2.24, 2.45) is 5.73 Å². The van der Waals surface area contributed by atoms with Gasteiger partial charge in [-0.3, -0.25) is 4.79 Å². The number of carbonyl (C=O) groups excluding carboxylic acids is 1. The third-order valence-corrected chi connectivity index (χ3v) is 5.28. The molecule has 1 amide bonds. The second-order valence-electron chi connectivity index (χ2n) is 6.02. The van der Waals surface area contributed by atoms with Gasteiger partial charge in [0, 0.05) is 6.26 Å². The fraction of sp³-hybridized carbons (Fsp3) is 0.533. The van der Waals surface area contributed by atoms with Crippen molar-refractivity contribution in [3.63, 3.8) is 0 Å². The Balaban J connectivity index is 2.15. The van der Waals surface area contributed by atoms with E-state index >= 15 is 0 Å². The molecule has 0 aliphatic heterocycles. The Hall–Kier alpha value is -1.47. The quantitative estimate of drug-likeness (QED) is 0.880. The third-order valence-electron chi connectivity index (χ3n) is 4.15. The Labute approximate surface area is 130 Å². The number of amides is 1. The summed E-state index contributed by atoms with van der Waals surface area (Å²) in [5.74, 6) is -1.06. The highest BCUT2D eigenvalue weighted by atomic mass is 32.2. The van der Waals surface area contributed by atoms with Crippen molar-refractivity contribution in [3.05, 3.63) is 29.6 Å². The number of hydrogen-bond donors (Lipinski definition) is 2. The van der Waals surface area contributed by atoms with Gasteiger partial charge in [-0.1, -0.05) is 18.9 Å². The highest BCUT2D eigenvalue weighted by Gasteiger charge is 2.37. The first-order valence-corrected chi connectivity index (χ1v) is 9.12. The van der Waals surface area contributed by atoms with Crippen LogP contribution in [0.4, 0.5) is 4.39 Å². The van der Waals surface area contributed by atoms with Crippen LogP contribution in [-0.2, 0) is 14.6 Å². The summed E-state index contributed by atoms with van der Waals surface area (Å²) in [5.41, 5.74) is 5.73. The topological polar surface area (TPSA) is 89.3 Å². The molecule has 1 aliphatic rings. The molecule has 22 heavy (non-hydrogen) atoms. The summed E-state index contributed by atoms with van der Waals surface area (Å²) < 4.78 is 36.7. The second-order valence-corrected chi connectivity index (χ2v) is 8.00. The van der Waals surface area contributed by atoms with Crippen LogP contribution < -0.4 is 11.1 Å². The molecule has 0 bridgehead atoms. The SMILES string of the molecule is CC(NC(=O)C1(N)CCCC1)c1ccc(S(C)(=O)=O)c(F)c1. The zero-order chi connectivity index (χ0) is 16.5. The van der Waals surface area contributed by atoms with Gasteiger partial charge >= 0.3 is 0 Å². The van der Waals surface area contributed by atoms with E-state index in [0.717, 1.165) is 25.2 Å². The van der Waals surface area contributed by atoms with Crippen LogP contribution >= 0.6 is 0 Å². The lowest BCUT2D eigenvalue weighted by molar-refractivity contribution is -0.126. The summed E-state index contributed by atoms with van der Waals surface area (Å²) in [7, 11) is -3.60. The molecular formula is C15H21FN2O3S. The van der Waals surface area contributed by atoms with Crippen molar-refractivity contribution in [2.45, 2.75) is 49.1 Å². The Morgan fingerprint density at radius 1 is 1.36 bits per heavy atom. The Kier molecular flexibility index (Phi) is 4.58. The van der Waals surface area contributed by atoms with Crippen molar-refractivity contribution in [2.75, 3.05) is 6.26 Å². The van der Waals surface area contributed by atoms with E-state index in [1.165, 1.54) is 12.1 Å². The molecule has 1 aliphatic carbocycles. The minimum absolute atomic E-state index is 0.245. The second kappa shape index (κ2) is 5.96. The molecule has 122 valence electrons. The van der Waals surface area contributed by atoms with E-state index in [-0.39, 0.29) is 10.8 Å². The lowest BCUT2D eigenvalue weighted by Gasteiger charge is -2.25. The van der Waals surface area contributed by atoms with E-state index in [1.807, 2.05) is 0 Å². The number of nitrogens with two attached hydrogens (primary N) is 1. The summed E-state index contributed by atoms with van der Waals surface area (Å²) in [6.45, 7) is 1.71. The number of benzene rings is 1. The minimum Gasteiger partial charge on any atom is -0.348 e. The van der Waals surface area contributed by atoms with Gasteiger partial charge in [0.2, 0.25) is 5.91 Å². The number of sulfone groups is 1. The molecule has 7 heteroatoms. The molecule has 0 heterocycles. The molecular weight excluding hydrogens is 307 g/mol. The van der Waals surface area contributed by atoms with Crippen molar-refractivity contribution in [1.82, 2.24) is 5.32 Å². The van der Waals surface area contributed by atoms with Gasteiger partial charge in [-0.05, 0) is 37.5 Å². The number of rotatable bonds is 4. The number of halogens is 1. The van der Waals surface area contributed by atoms with E-state index in [1.54, 1.807) is 6.92 Å². The van der Waals surface area contributed by atoms with Gasteiger partial charge < -0.3 is 11.1 Å². The Morgan fingerprint density at radius 2 is 1.95 bits per heavy atom. The van der Waals surface area contributed by atoms with Crippen LogP contribution in [-0.4, -0.2) is 26.1 Å². The number of nitrogens with one attached hydrogen (secondary N) is 1. The predicted octanol–water partition coefficient (Wildman–Crippen LogP) is 1.68. The summed E-state index contributed by atoms with van der Waals surface area (Å²) in [4.78, 5) is 11.9. The summed E-state index contributed by atoms with van der Waals surface area (Å²) >= 11 is 0. The summed E-state index contributed by atoms with van der Waals surface area (Å²) in [5, 5.41) is 2.78. The largest absolute Gasteiger partial charge is 0.348 e. The average molecular weight is 328 g/mol. The van der Waals surface area contributed by atoms with E-state index in [9.17, 15) is 17.6 Å². The average Bonchev–Trinajstić information content (AvgIpc) is 2.85. The molecule has 0 aromatic heterocycles. The van der Waals surface area contributed by atoms with Gasteiger partial charge in [0.15, 0.2) is 9.84 Å². The highest BCUT2D eigenvalue weighted by molar-refractivity contribution is 7.90. The maximum absolute atomic E-state index is 13.9. The van der Waals surface area contributed by atoms with Gasteiger partial charge in [-0.2, -0.15) is 0 Å². The fourth-order valence-electron chi connectivity index (χ4n) is 2.74. The van der Waals surface area contributed by atoms with Gasteiger partial charge in [0.1, 0.15) is 10.7 Å². The molecule has 2 rings (SSSR count). The normalized spacial score (nSPS) is 18.9. The van der Waals surface area contributed by atoms with Crippen molar-refractivity contribution in [3.8, 4) is 0 Å². The molecule has 0 spiro atoms. The molecule has 3 N–H and O–H groups in total. The van der Waals surface area contributed by atoms with Gasteiger partial charge in [-0.25, -0.2) is 12.8 Å². The Morgan fingerprint density at radius 3 is 2.45 bits per heavy atom. The van der Waals surface area contributed by atoms with Crippen LogP contribution in [0.2, 0.25) is 0 Å². The van der Waals surface area contributed by atoms with Crippen LogP contribution in [0.3, 0.4) is 0 Å². The van der Waals surface area contributed by atoms with Crippen molar-refractivity contribution in [1.29, 1.82) is 0 Å². The van der Waals surface area contributed by atoms with E-state index in [0.29, 0.717) is 18.4 Å². The Bertz CT molecular complexity index is 682. The van der Waals surface area contributed by atoms with Crippen LogP contribution in [0.15, 0.2) is 23.1 Å². The lowest BCUT2D eigenvalue weighted by atomic mass is 9.97. The smallest absolute Gasteiger partial charge is 0.240 e. The van der Waals surface area contributed by atoms with Crippen molar-refractivity contribution < 1.29 is 17.6 Å². The zero-order valence-electron chi connectivity index (χ0n) is 12.7. The van der Waals surface area contributed by atoms with Gasteiger partial charge in [-0.15, -0.1) is 0 Å². The first kappa shape index (κ1) is 16.9. The standard InChI is InChI=1S/C15H21FN2O3S/c1-10(18-14(19)15(17)7-3-4-8-15)11-5-6-13(12(16)9-11)22(2,20)21/h5-6,9-10H,3-4,7-8,17H2,1-2H3,(H,18,19). The third kappa shape index (κ3) is 3.47. The highest BCUT2D eigenvalue weighted by Crippen LogP contribution is 2.28.